The average molecular weight is 891 g/mol. The third-order valence-electron chi connectivity index (χ3n) is 15.1. The normalized spacial score (nSPS) is 12.5. The molecular formula is C65H82N2+2. The van der Waals surface area contributed by atoms with Gasteiger partial charge in [-0.3, -0.25) is 0 Å². The van der Waals surface area contributed by atoms with E-state index in [1.54, 1.807) is 0 Å². The highest BCUT2D eigenvalue weighted by atomic mass is 14.9. The summed E-state index contributed by atoms with van der Waals surface area (Å²) in [5.41, 5.74) is 10.3. The number of aromatic nitrogens is 2. The van der Waals surface area contributed by atoms with Crippen LogP contribution in [0.2, 0.25) is 0 Å². The molecule has 7 aromatic rings. The van der Waals surface area contributed by atoms with E-state index in [1.165, 1.54) is 225 Å². The minimum atomic E-state index is 1.08. The molecule has 2 heterocycles. The Balaban J connectivity index is 0.725. The Bertz CT molecular complexity index is 2640. The molecule has 0 saturated carbocycles. The van der Waals surface area contributed by atoms with Crippen LogP contribution >= 0.6 is 0 Å². The molecule has 0 N–H and O–H groups in total. The first-order valence-corrected chi connectivity index (χ1v) is 27.5. The summed E-state index contributed by atoms with van der Waals surface area (Å²) in [5, 5.41) is 11.4. The lowest BCUT2D eigenvalue weighted by Crippen LogP contribution is -2.33. The molecule has 1 aliphatic rings. The van der Waals surface area contributed by atoms with Crippen LogP contribution in [-0.2, 0) is 25.9 Å². The zero-order valence-corrected chi connectivity index (χ0v) is 41.5. The minimum absolute atomic E-state index is 1.08. The first-order chi connectivity index (χ1) is 33.3. The maximum absolute atomic E-state index is 3.35. The number of unbranched alkanes of at least 4 members (excludes halogenated alkanes) is 21. The van der Waals surface area contributed by atoms with E-state index in [2.05, 4.69) is 144 Å². The molecule has 2 nitrogen and oxygen atoms in total. The first kappa shape index (κ1) is 48.4. The monoisotopic (exact) mass is 891 g/mol. The van der Waals surface area contributed by atoms with E-state index in [-0.39, 0.29) is 0 Å². The van der Waals surface area contributed by atoms with Crippen molar-refractivity contribution in [3.05, 3.63) is 150 Å². The Morgan fingerprint density at radius 2 is 0.731 bits per heavy atom. The van der Waals surface area contributed by atoms with Gasteiger partial charge in [-0.05, 0) is 128 Å². The summed E-state index contributed by atoms with van der Waals surface area (Å²) >= 11 is 0. The lowest BCUT2D eigenvalue weighted by molar-refractivity contribution is -0.697. The highest BCUT2D eigenvalue weighted by Crippen LogP contribution is 2.42. The quantitative estimate of drug-likeness (QED) is 0.0131. The van der Waals surface area contributed by atoms with Crippen LogP contribution in [0.5, 0.6) is 0 Å². The topological polar surface area (TPSA) is 7.76 Å². The highest BCUT2D eigenvalue weighted by Gasteiger charge is 2.16. The van der Waals surface area contributed by atoms with Gasteiger partial charge in [-0.1, -0.05) is 189 Å². The van der Waals surface area contributed by atoms with Gasteiger partial charge in [0.2, 0.25) is 0 Å². The predicted octanol–water partition coefficient (Wildman–Crippen LogP) is 18.2. The van der Waals surface area contributed by atoms with Crippen molar-refractivity contribution in [1.82, 2.24) is 0 Å². The third-order valence-corrected chi connectivity index (χ3v) is 15.1. The summed E-state index contributed by atoms with van der Waals surface area (Å²) in [6, 6.07) is 33.0. The van der Waals surface area contributed by atoms with Crippen molar-refractivity contribution in [2.75, 3.05) is 0 Å². The lowest BCUT2D eigenvalue weighted by Gasteiger charge is -2.18. The van der Waals surface area contributed by atoms with Gasteiger partial charge in [0.25, 0.3) is 0 Å². The number of aryl methyl sites for hydroxylation is 4. The van der Waals surface area contributed by atoms with E-state index in [9.17, 15) is 0 Å². The molecule has 0 radical (unpaired) electrons. The van der Waals surface area contributed by atoms with Gasteiger partial charge in [-0.15, -0.1) is 5.73 Å². The van der Waals surface area contributed by atoms with Gasteiger partial charge in [0.15, 0.2) is 24.8 Å². The fourth-order valence-electron chi connectivity index (χ4n) is 11.2. The summed E-state index contributed by atoms with van der Waals surface area (Å²) in [5.74, 6) is 0. The van der Waals surface area contributed by atoms with Crippen LogP contribution in [0.1, 0.15) is 179 Å². The van der Waals surface area contributed by atoms with Crippen LogP contribution in [-0.4, -0.2) is 0 Å². The van der Waals surface area contributed by atoms with E-state index in [4.69, 9.17) is 0 Å². The van der Waals surface area contributed by atoms with Crippen molar-refractivity contribution in [2.24, 2.45) is 0 Å². The van der Waals surface area contributed by atoms with Gasteiger partial charge < -0.3 is 0 Å². The molecule has 0 amide bonds. The van der Waals surface area contributed by atoms with Crippen LogP contribution in [0.4, 0.5) is 0 Å². The summed E-state index contributed by atoms with van der Waals surface area (Å²) in [6.45, 7) is 4.51. The number of hydrogen-bond donors (Lipinski definition) is 0. The van der Waals surface area contributed by atoms with Gasteiger partial charge in [-0.2, -0.15) is 0 Å². The molecule has 0 unspecified atom stereocenters. The van der Waals surface area contributed by atoms with Gasteiger partial charge in [0.05, 0.1) is 0 Å². The largest absolute Gasteiger partial charge is 0.205 e. The molecule has 0 aliphatic heterocycles. The van der Waals surface area contributed by atoms with Crippen molar-refractivity contribution in [3.63, 3.8) is 0 Å². The molecule has 0 saturated heterocycles. The molecule has 2 heteroatoms. The Hall–Kier alpha value is -5.04. The maximum atomic E-state index is 3.35. The molecule has 0 spiro atoms. The molecule has 350 valence electrons. The fourth-order valence-corrected chi connectivity index (χ4v) is 11.2. The number of fused-ring (bicyclic) bond motifs is 2. The Morgan fingerprint density at radius 1 is 0.358 bits per heavy atom. The lowest BCUT2D eigenvalue weighted by atomic mass is 9.86. The Kier molecular flexibility index (Phi) is 19.1. The molecule has 0 atom stereocenters. The number of nitrogens with zero attached hydrogens (tertiary/aromatic N) is 2. The standard InChI is InChI=1S/C65H82N2/c1-2-3-4-5-6-7-8-9-10-11-12-13-14-15-19-26-47-66-49-43-54(44-50-66)55-45-51-67(52-46-55)48-27-20-18-23-34-57-40-42-63-62-41-39-56(33-22-17-16-21-30-53-31-24-25-32-53)58-35-28-37-60(64(58)62)61-38-29-36-59(57)65(61)63/h24-25,28-29,31,35-46,49-52H,2-23,26-27,30,33-34,47-48H2,1H3/q+2. The average Bonchev–Trinajstić information content (AvgIpc) is 3.90. The molecule has 67 heavy (non-hydrogen) atoms. The van der Waals surface area contributed by atoms with Crippen molar-refractivity contribution in [3.8, 4) is 11.1 Å². The second-order valence-electron chi connectivity index (χ2n) is 20.2. The molecule has 0 fully saturated rings. The van der Waals surface area contributed by atoms with E-state index >= 15 is 0 Å². The van der Waals surface area contributed by atoms with Crippen LogP contribution in [0, 0.1) is 0 Å². The van der Waals surface area contributed by atoms with E-state index in [0.29, 0.717) is 0 Å². The molecule has 2 aromatic heterocycles. The Morgan fingerprint density at radius 3 is 1.15 bits per heavy atom. The second kappa shape index (κ2) is 26.5. The summed E-state index contributed by atoms with van der Waals surface area (Å²) < 4.78 is 4.73. The maximum Gasteiger partial charge on any atom is 0.169 e. The fraction of sp³-hybridized carbons (Fsp3) is 0.462. The second-order valence-corrected chi connectivity index (χ2v) is 20.2. The van der Waals surface area contributed by atoms with Crippen molar-refractivity contribution < 1.29 is 9.13 Å². The summed E-state index contributed by atoms with van der Waals surface area (Å²) in [6.07, 6.45) is 51.7. The molecule has 0 bridgehead atoms. The van der Waals surface area contributed by atoms with Crippen LogP contribution in [0.15, 0.2) is 139 Å². The third kappa shape index (κ3) is 13.8. The van der Waals surface area contributed by atoms with Crippen molar-refractivity contribution in [1.29, 1.82) is 0 Å². The van der Waals surface area contributed by atoms with Crippen molar-refractivity contribution >= 4 is 43.1 Å². The highest BCUT2D eigenvalue weighted by molar-refractivity contribution is 6.33. The van der Waals surface area contributed by atoms with Gasteiger partial charge in [-0.25, -0.2) is 9.13 Å². The summed E-state index contributed by atoms with van der Waals surface area (Å²) in [7, 11) is 0. The number of rotatable bonds is 32. The Labute approximate surface area is 405 Å². The zero-order valence-electron chi connectivity index (χ0n) is 41.5. The SMILES string of the molecule is CCCCCCCCCCCCCCCCCC[n+]1ccc(-c2cc[n+](CCCCCCc3ccc4c5ccc(CCCCCCC6=C=CC=C6)c6cccc(c7cccc3c74)c65)cc2)cc1. The van der Waals surface area contributed by atoms with Gasteiger partial charge in [0.1, 0.15) is 13.1 Å². The number of pyridine rings is 2. The summed E-state index contributed by atoms with van der Waals surface area (Å²) in [4.78, 5) is 0. The van der Waals surface area contributed by atoms with E-state index < -0.39 is 0 Å². The van der Waals surface area contributed by atoms with E-state index in [0.717, 1.165) is 32.4 Å². The molecule has 8 rings (SSSR count). The minimum Gasteiger partial charge on any atom is -0.205 e. The van der Waals surface area contributed by atoms with Gasteiger partial charge >= 0.3 is 0 Å². The zero-order chi connectivity index (χ0) is 45.7. The molecular weight excluding hydrogens is 809 g/mol. The van der Waals surface area contributed by atoms with E-state index in [1.807, 2.05) is 6.08 Å². The smallest absolute Gasteiger partial charge is 0.169 e. The number of hydrogen-bond acceptors (Lipinski definition) is 0. The first-order valence-electron chi connectivity index (χ1n) is 27.5. The van der Waals surface area contributed by atoms with Gasteiger partial charge in [0, 0.05) is 37.1 Å². The number of allylic oxidation sites excluding steroid dienone is 3. The van der Waals surface area contributed by atoms with Crippen LogP contribution in [0.3, 0.4) is 0 Å². The number of benzene rings is 5. The predicted molar refractivity (Wildman–Crippen MR) is 289 cm³/mol. The van der Waals surface area contributed by atoms with Crippen LogP contribution < -0.4 is 9.13 Å². The molecule has 5 aromatic carbocycles. The van der Waals surface area contributed by atoms with Crippen LogP contribution in [0.25, 0.3) is 54.2 Å². The molecule has 1 aliphatic carbocycles. The van der Waals surface area contributed by atoms with Crippen molar-refractivity contribution in [2.45, 2.75) is 193 Å².